The van der Waals surface area contributed by atoms with Crippen LogP contribution in [0, 0.1) is 0 Å². The minimum absolute atomic E-state index is 0.306. The molecule has 1 atom stereocenters. The molecular weight excluding hydrogens is 336 g/mol. The van der Waals surface area contributed by atoms with Gasteiger partial charge in [0.15, 0.2) is 0 Å². The van der Waals surface area contributed by atoms with Crippen LogP contribution in [0.15, 0.2) is 36.4 Å². The Hall–Kier alpha value is -2.00. The lowest BCUT2D eigenvalue weighted by atomic mass is 9.78. The molecule has 3 rings (SSSR count). The molecule has 0 aromatic heterocycles. The van der Waals surface area contributed by atoms with E-state index in [1.54, 1.807) is 19.2 Å². The van der Waals surface area contributed by atoms with Crippen molar-refractivity contribution in [2.45, 2.75) is 72.3 Å². The Labute approximate surface area is 165 Å². The molecule has 0 amide bonds. The van der Waals surface area contributed by atoms with E-state index in [1.165, 1.54) is 29.5 Å². The van der Waals surface area contributed by atoms with E-state index in [0.29, 0.717) is 24.0 Å². The number of phenolic OH excluding ortho intramolecular Hbond substituents is 2. The first-order chi connectivity index (χ1) is 13.1. The zero-order chi connectivity index (χ0) is 20.2. The Kier molecular flexibility index (Phi) is 10.6. The number of methoxy groups -OCH3 is 1. The minimum atomic E-state index is 0.306. The summed E-state index contributed by atoms with van der Waals surface area (Å²) in [6.45, 7) is 8.89. The summed E-state index contributed by atoms with van der Waals surface area (Å²) in [7, 11) is 1.68. The second-order valence-electron chi connectivity index (χ2n) is 6.71. The molecule has 0 radical (unpaired) electrons. The maximum atomic E-state index is 9.83. The van der Waals surface area contributed by atoms with E-state index in [4.69, 9.17) is 4.74 Å². The third-order valence-corrected chi connectivity index (χ3v) is 4.80. The smallest absolute Gasteiger partial charge is 0.116 e. The van der Waals surface area contributed by atoms with Crippen LogP contribution < -0.4 is 0 Å². The summed E-state index contributed by atoms with van der Waals surface area (Å²) in [5.74, 6) is 1.09. The van der Waals surface area contributed by atoms with Crippen LogP contribution in [0.3, 0.4) is 0 Å². The SMILES string of the molecule is CC.CCCC.COCc1cc(O)cc2c1C[C@@H](c1ccc(O)cc1)CC2. The molecule has 3 nitrogen and oxygen atoms in total. The third kappa shape index (κ3) is 6.91. The van der Waals surface area contributed by atoms with Crippen molar-refractivity contribution in [3.05, 3.63) is 58.7 Å². The molecule has 3 heteroatoms. The van der Waals surface area contributed by atoms with Gasteiger partial charge in [-0.15, -0.1) is 0 Å². The highest BCUT2D eigenvalue weighted by Crippen LogP contribution is 2.36. The number of phenols is 2. The molecule has 0 bridgehead atoms. The molecule has 0 saturated carbocycles. The molecule has 2 aromatic rings. The van der Waals surface area contributed by atoms with Gasteiger partial charge in [0.05, 0.1) is 6.61 Å². The lowest BCUT2D eigenvalue weighted by molar-refractivity contribution is 0.183. The number of hydrogen-bond acceptors (Lipinski definition) is 3. The van der Waals surface area contributed by atoms with Crippen LogP contribution in [-0.4, -0.2) is 17.3 Å². The van der Waals surface area contributed by atoms with Gasteiger partial charge in [-0.2, -0.15) is 0 Å². The number of hydrogen-bond donors (Lipinski definition) is 2. The predicted molar refractivity (Wildman–Crippen MR) is 114 cm³/mol. The second kappa shape index (κ2) is 12.4. The second-order valence-corrected chi connectivity index (χ2v) is 6.71. The van der Waals surface area contributed by atoms with Crippen molar-refractivity contribution in [1.82, 2.24) is 0 Å². The number of ether oxygens (including phenoxy) is 1. The molecular formula is C24H36O3. The summed E-state index contributed by atoms with van der Waals surface area (Å²) in [6, 6.07) is 11.2. The van der Waals surface area contributed by atoms with Crippen LogP contribution in [0.1, 0.15) is 75.1 Å². The molecule has 1 aliphatic rings. The summed E-state index contributed by atoms with van der Waals surface area (Å²) >= 11 is 0. The first kappa shape index (κ1) is 23.0. The summed E-state index contributed by atoms with van der Waals surface area (Å²) < 4.78 is 5.26. The van der Waals surface area contributed by atoms with Crippen LogP contribution in [0.2, 0.25) is 0 Å². The van der Waals surface area contributed by atoms with Gasteiger partial charge in [-0.25, -0.2) is 0 Å². The van der Waals surface area contributed by atoms with Crippen molar-refractivity contribution in [3.63, 3.8) is 0 Å². The molecule has 0 fully saturated rings. The number of aromatic hydroxyl groups is 2. The lowest BCUT2D eigenvalue weighted by Gasteiger charge is -2.27. The average molecular weight is 373 g/mol. The summed E-state index contributed by atoms with van der Waals surface area (Å²) in [4.78, 5) is 0. The van der Waals surface area contributed by atoms with Crippen LogP contribution in [0.25, 0.3) is 0 Å². The van der Waals surface area contributed by atoms with E-state index >= 15 is 0 Å². The molecule has 0 aliphatic heterocycles. The highest BCUT2D eigenvalue weighted by molar-refractivity contribution is 5.45. The fourth-order valence-electron chi connectivity index (χ4n) is 3.26. The molecule has 2 aromatic carbocycles. The maximum absolute atomic E-state index is 9.83. The van der Waals surface area contributed by atoms with Gasteiger partial charge in [0, 0.05) is 7.11 Å². The number of rotatable bonds is 4. The van der Waals surface area contributed by atoms with Crippen LogP contribution >= 0.6 is 0 Å². The van der Waals surface area contributed by atoms with E-state index in [9.17, 15) is 10.2 Å². The standard InChI is InChI=1S/C18H20O3.C4H10.C2H6/c1-21-11-15-9-17(20)8-14-3-2-13(10-18(14)15)12-4-6-16(19)7-5-12;1-3-4-2;1-2/h4-9,13,19-20H,2-3,10-11H2,1H3;3-4H2,1-2H3;1-2H3/t13-;;/m0../s1. The van der Waals surface area contributed by atoms with Crippen molar-refractivity contribution in [3.8, 4) is 11.5 Å². The average Bonchev–Trinajstić information content (AvgIpc) is 2.70. The summed E-state index contributed by atoms with van der Waals surface area (Å²) in [5, 5.41) is 19.2. The topological polar surface area (TPSA) is 49.7 Å². The van der Waals surface area contributed by atoms with E-state index in [1.807, 2.05) is 38.1 Å². The van der Waals surface area contributed by atoms with Crippen molar-refractivity contribution in [1.29, 1.82) is 0 Å². The molecule has 0 unspecified atom stereocenters. The van der Waals surface area contributed by atoms with E-state index < -0.39 is 0 Å². The zero-order valence-electron chi connectivity index (χ0n) is 17.6. The summed E-state index contributed by atoms with van der Waals surface area (Å²) in [5.41, 5.74) is 4.88. The van der Waals surface area contributed by atoms with Gasteiger partial charge in [-0.05, 0) is 71.7 Å². The Bertz CT molecular complexity index is 660. The molecule has 2 N–H and O–H groups in total. The van der Waals surface area contributed by atoms with Gasteiger partial charge < -0.3 is 14.9 Å². The van der Waals surface area contributed by atoms with Crippen molar-refractivity contribution in [2.75, 3.05) is 7.11 Å². The van der Waals surface area contributed by atoms with E-state index in [-0.39, 0.29) is 0 Å². The Morgan fingerprint density at radius 3 is 2.15 bits per heavy atom. The first-order valence-corrected chi connectivity index (χ1v) is 10.2. The van der Waals surface area contributed by atoms with Gasteiger partial charge in [-0.1, -0.05) is 52.7 Å². The monoisotopic (exact) mass is 372 g/mol. The van der Waals surface area contributed by atoms with Gasteiger partial charge >= 0.3 is 0 Å². The predicted octanol–water partition coefficient (Wildman–Crippen LogP) is 6.35. The Morgan fingerprint density at radius 1 is 0.963 bits per heavy atom. The van der Waals surface area contributed by atoms with E-state index in [2.05, 4.69) is 13.8 Å². The molecule has 0 spiro atoms. The largest absolute Gasteiger partial charge is 0.508 e. The fourth-order valence-corrected chi connectivity index (χ4v) is 3.26. The molecule has 27 heavy (non-hydrogen) atoms. The number of benzene rings is 2. The van der Waals surface area contributed by atoms with Crippen molar-refractivity contribution < 1.29 is 14.9 Å². The highest BCUT2D eigenvalue weighted by atomic mass is 16.5. The third-order valence-electron chi connectivity index (χ3n) is 4.80. The Morgan fingerprint density at radius 2 is 1.59 bits per heavy atom. The van der Waals surface area contributed by atoms with Crippen LogP contribution in [0.5, 0.6) is 11.5 Å². The van der Waals surface area contributed by atoms with Crippen molar-refractivity contribution in [2.24, 2.45) is 0 Å². The minimum Gasteiger partial charge on any atom is -0.508 e. The highest BCUT2D eigenvalue weighted by Gasteiger charge is 2.23. The van der Waals surface area contributed by atoms with Crippen LogP contribution in [-0.2, 0) is 24.2 Å². The normalized spacial score (nSPS) is 14.9. The molecule has 150 valence electrons. The summed E-state index contributed by atoms with van der Waals surface area (Å²) in [6.07, 6.45) is 5.62. The van der Waals surface area contributed by atoms with Crippen LogP contribution in [0.4, 0.5) is 0 Å². The number of fused-ring (bicyclic) bond motifs is 1. The first-order valence-electron chi connectivity index (χ1n) is 10.2. The molecule has 1 aliphatic carbocycles. The number of unbranched alkanes of at least 4 members (excludes halogenated alkanes) is 1. The van der Waals surface area contributed by atoms with Gasteiger partial charge in [0.2, 0.25) is 0 Å². The number of aryl methyl sites for hydroxylation is 1. The Balaban J connectivity index is 0.000000541. The van der Waals surface area contributed by atoms with Gasteiger partial charge in [-0.3, -0.25) is 0 Å². The quantitative estimate of drug-likeness (QED) is 0.657. The van der Waals surface area contributed by atoms with Gasteiger partial charge in [0.1, 0.15) is 11.5 Å². The van der Waals surface area contributed by atoms with Gasteiger partial charge in [0.25, 0.3) is 0 Å². The molecule has 0 heterocycles. The van der Waals surface area contributed by atoms with Crippen molar-refractivity contribution >= 4 is 0 Å². The fraction of sp³-hybridized carbons (Fsp3) is 0.500. The lowest BCUT2D eigenvalue weighted by Crippen LogP contribution is -2.15. The van der Waals surface area contributed by atoms with E-state index in [0.717, 1.165) is 24.8 Å². The zero-order valence-corrected chi connectivity index (χ0v) is 17.6. The maximum Gasteiger partial charge on any atom is 0.116 e. The molecule has 0 saturated heterocycles.